The lowest BCUT2D eigenvalue weighted by Crippen LogP contribution is -2.27. The molecule has 5 nitrogen and oxygen atoms in total. The van der Waals surface area contributed by atoms with E-state index in [4.69, 9.17) is 4.74 Å². The summed E-state index contributed by atoms with van der Waals surface area (Å²) >= 11 is 0. The number of hydrogen-bond acceptors (Lipinski definition) is 4. The number of aliphatic hydroxyl groups is 1. The lowest BCUT2D eigenvalue weighted by molar-refractivity contribution is 0.0936. The van der Waals surface area contributed by atoms with E-state index in [1.807, 2.05) is 19.1 Å². The van der Waals surface area contributed by atoms with Gasteiger partial charge in [0.1, 0.15) is 5.75 Å². The molecule has 1 heterocycles. The van der Waals surface area contributed by atoms with E-state index < -0.39 is 0 Å². The summed E-state index contributed by atoms with van der Waals surface area (Å²) in [6.45, 7) is 4.09. The molecule has 0 radical (unpaired) electrons. The molecule has 5 heteroatoms. The Kier molecular flexibility index (Phi) is 5.78. The number of carbonyl (C=O) groups is 1. The summed E-state index contributed by atoms with van der Waals surface area (Å²) in [6.07, 6.45) is 2.47. The van der Waals surface area contributed by atoms with Crippen LogP contribution < -0.4 is 15.0 Å². The average molecular weight is 354 g/mol. The highest BCUT2D eigenvalue weighted by molar-refractivity contribution is 5.97. The molecule has 1 aliphatic heterocycles. The Morgan fingerprint density at radius 2 is 2.00 bits per heavy atom. The monoisotopic (exact) mass is 354 g/mol. The molecule has 0 aromatic heterocycles. The van der Waals surface area contributed by atoms with Crippen LogP contribution in [0.2, 0.25) is 0 Å². The summed E-state index contributed by atoms with van der Waals surface area (Å²) in [7, 11) is 1.52. The summed E-state index contributed by atoms with van der Waals surface area (Å²) < 4.78 is 5.30. The van der Waals surface area contributed by atoms with E-state index in [1.165, 1.54) is 25.6 Å². The lowest BCUT2D eigenvalue weighted by atomic mass is 10.1. The molecule has 0 aliphatic carbocycles. The normalized spacial score (nSPS) is 15.0. The topological polar surface area (TPSA) is 61.8 Å². The maximum Gasteiger partial charge on any atom is 0.255 e. The highest BCUT2D eigenvalue weighted by Crippen LogP contribution is 2.25. The summed E-state index contributed by atoms with van der Waals surface area (Å²) in [5.74, 6) is 0.275. The van der Waals surface area contributed by atoms with E-state index in [9.17, 15) is 9.90 Å². The van der Waals surface area contributed by atoms with Crippen molar-refractivity contribution in [2.45, 2.75) is 32.4 Å². The number of amides is 1. The minimum absolute atomic E-state index is 0.0854. The van der Waals surface area contributed by atoms with Crippen molar-refractivity contribution in [3.8, 4) is 5.75 Å². The van der Waals surface area contributed by atoms with Crippen molar-refractivity contribution in [3.05, 3.63) is 59.2 Å². The molecule has 1 unspecified atom stereocenters. The first-order valence-electron chi connectivity index (χ1n) is 9.06. The van der Waals surface area contributed by atoms with Gasteiger partial charge in [-0.25, -0.2) is 0 Å². The molecular formula is C21H26N2O3. The lowest BCUT2D eigenvalue weighted by Gasteiger charge is -2.21. The standard InChI is InChI=1S/C21H26N2O3/c1-15(17-6-5-7-18(13-17)23-10-3-4-11-23)22-21(25)19-9-8-16(14-24)12-20(19)26-2/h5-9,12-13,15,24H,3-4,10-11,14H2,1-2H3,(H,22,25). The molecule has 2 N–H and O–H groups in total. The molecule has 0 spiro atoms. The fourth-order valence-corrected chi connectivity index (χ4v) is 3.35. The Hall–Kier alpha value is -2.53. The van der Waals surface area contributed by atoms with Crippen LogP contribution in [0.1, 0.15) is 47.3 Å². The van der Waals surface area contributed by atoms with Crippen LogP contribution >= 0.6 is 0 Å². The highest BCUT2D eigenvalue weighted by Gasteiger charge is 2.18. The number of rotatable bonds is 6. The van der Waals surface area contributed by atoms with Gasteiger partial charge in [0.05, 0.1) is 25.3 Å². The Morgan fingerprint density at radius 3 is 2.69 bits per heavy atom. The number of carbonyl (C=O) groups excluding carboxylic acids is 1. The Balaban J connectivity index is 1.74. The first-order chi connectivity index (χ1) is 12.6. The second kappa shape index (κ2) is 8.23. The molecule has 0 bridgehead atoms. The van der Waals surface area contributed by atoms with Crippen LogP contribution in [0.4, 0.5) is 5.69 Å². The van der Waals surface area contributed by atoms with Gasteiger partial charge in [-0.3, -0.25) is 4.79 Å². The molecule has 3 rings (SSSR count). The van der Waals surface area contributed by atoms with E-state index in [0.29, 0.717) is 16.9 Å². The molecule has 1 aliphatic rings. The van der Waals surface area contributed by atoms with E-state index in [2.05, 4.69) is 22.3 Å². The van der Waals surface area contributed by atoms with Crippen LogP contribution in [0.25, 0.3) is 0 Å². The summed E-state index contributed by atoms with van der Waals surface area (Å²) in [5.41, 5.74) is 3.47. The minimum atomic E-state index is -0.189. The van der Waals surface area contributed by atoms with Crippen molar-refractivity contribution in [2.24, 2.45) is 0 Å². The number of nitrogens with one attached hydrogen (secondary N) is 1. The molecule has 1 fully saturated rings. The second-order valence-electron chi connectivity index (χ2n) is 6.68. The second-order valence-corrected chi connectivity index (χ2v) is 6.68. The predicted molar refractivity (Wildman–Crippen MR) is 103 cm³/mol. The van der Waals surface area contributed by atoms with Crippen LogP contribution in [-0.4, -0.2) is 31.2 Å². The molecule has 26 heavy (non-hydrogen) atoms. The Bertz CT molecular complexity index is 770. The fraction of sp³-hybridized carbons (Fsp3) is 0.381. The number of hydrogen-bond donors (Lipinski definition) is 2. The third-order valence-electron chi connectivity index (χ3n) is 4.88. The quantitative estimate of drug-likeness (QED) is 0.836. The van der Waals surface area contributed by atoms with Crippen molar-refractivity contribution in [1.29, 1.82) is 0 Å². The van der Waals surface area contributed by atoms with Gasteiger partial charge in [-0.1, -0.05) is 18.2 Å². The first kappa shape index (κ1) is 18.3. The molecule has 2 aromatic rings. The van der Waals surface area contributed by atoms with Crippen molar-refractivity contribution < 1.29 is 14.6 Å². The largest absolute Gasteiger partial charge is 0.496 e. The Morgan fingerprint density at radius 1 is 1.23 bits per heavy atom. The predicted octanol–water partition coefficient (Wildman–Crippen LogP) is 3.28. The molecule has 1 saturated heterocycles. The fourth-order valence-electron chi connectivity index (χ4n) is 3.35. The van der Waals surface area contributed by atoms with Crippen molar-refractivity contribution >= 4 is 11.6 Å². The van der Waals surface area contributed by atoms with Gasteiger partial charge < -0.3 is 20.1 Å². The molecule has 0 saturated carbocycles. The Labute approximate surface area is 154 Å². The number of methoxy groups -OCH3 is 1. The first-order valence-corrected chi connectivity index (χ1v) is 9.06. The maximum absolute atomic E-state index is 12.7. The van der Waals surface area contributed by atoms with Crippen molar-refractivity contribution in [3.63, 3.8) is 0 Å². The van der Waals surface area contributed by atoms with Crippen LogP contribution in [0.5, 0.6) is 5.75 Å². The molecular weight excluding hydrogens is 328 g/mol. The number of aliphatic hydroxyl groups excluding tert-OH is 1. The number of anilines is 1. The van der Waals surface area contributed by atoms with E-state index in [0.717, 1.165) is 18.7 Å². The number of benzene rings is 2. The third kappa shape index (κ3) is 3.99. The summed E-state index contributed by atoms with van der Waals surface area (Å²) in [5, 5.41) is 12.3. The zero-order valence-corrected chi connectivity index (χ0v) is 15.4. The van der Waals surface area contributed by atoms with Crippen LogP contribution in [0.3, 0.4) is 0 Å². The zero-order valence-electron chi connectivity index (χ0n) is 15.4. The van der Waals surface area contributed by atoms with Gasteiger partial charge >= 0.3 is 0 Å². The number of nitrogens with zero attached hydrogens (tertiary/aromatic N) is 1. The van der Waals surface area contributed by atoms with Gasteiger partial charge in [0.25, 0.3) is 5.91 Å². The van der Waals surface area contributed by atoms with Crippen LogP contribution in [0.15, 0.2) is 42.5 Å². The number of ether oxygens (including phenoxy) is 1. The third-order valence-corrected chi connectivity index (χ3v) is 4.88. The molecule has 1 atom stereocenters. The van der Waals surface area contributed by atoms with Gasteiger partial charge in [-0.2, -0.15) is 0 Å². The van der Waals surface area contributed by atoms with Crippen LogP contribution in [-0.2, 0) is 6.61 Å². The van der Waals surface area contributed by atoms with Crippen molar-refractivity contribution in [1.82, 2.24) is 5.32 Å². The van der Waals surface area contributed by atoms with Gasteiger partial charge in [-0.15, -0.1) is 0 Å². The molecule has 1 amide bonds. The SMILES string of the molecule is COc1cc(CO)ccc1C(=O)NC(C)c1cccc(N2CCCC2)c1. The average Bonchev–Trinajstić information content (AvgIpc) is 3.22. The van der Waals surface area contributed by atoms with E-state index >= 15 is 0 Å². The maximum atomic E-state index is 12.7. The van der Waals surface area contributed by atoms with Gasteiger partial charge in [0.15, 0.2) is 0 Å². The smallest absolute Gasteiger partial charge is 0.255 e. The van der Waals surface area contributed by atoms with Crippen molar-refractivity contribution in [2.75, 3.05) is 25.1 Å². The summed E-state index contributed by atoms with van der Waals surface area (Å²) in [6, 6.07) is 13.4. The van der Waals surface area contributed by atoms with Gasteiger partial charge in [0.2, 0.25) is 0 Å². The summed E-state index contributed by atoms with van der Waals surface area (Å²) in [4.78, 5) is 15.1. The zero-order chi connectivity index (χ0) is 18.5. The van der Waals surface area contributed by atoms with E-state index in [1.54, 1.807) is 18.2 Å². The van der Waals surface area contributed by atoms with Crippen LogP contribution in [0, 0.1) is 0 Å². The van der Waals surface area contributed by atoms with E-state index in [-0.39, 0.29) is 18.6 Å². The molecule has 2 aromatic carbocycles. The minimum Gasteiger partial charge on any atom is -0.496 e. The molecule has 138 valence electrons. The van der Waals surface area contributed by atoms with Gasteiger partial charge in [-0.05, 0) is 55.2 Å². The highest BCUT2D eigenvalue weighted by atomic mass is 16.5. The van der Waals surface area contributed by atoms with Gasteiger partial charge in [0, 0.05) is 18.8 Å².